The molecule has 0 spiro atoms. The summed E-state index contributed by atoms with van der Waals surface area (Å²) in [5.41, 5.74) is 15.6. The second kappa shape index (κ2) is 14.0. The minimum Gasteiger partial charge on any atom is -0.453 e. The van der Waals surface area contributed by atoms with E-state index in [2.05, 4.69) is 137 Å². The monoisotopic (exact) mass is 636 g/mol. The fraction of sp³-hybridized carbons (Fsp3) is 0. The quantitative estimate of drug-likeness (QED) is 0.171. The third-order valence-corrected chi connectivity index (χ3v) is 8.37. The van der Waals surface area contributed by atoms with Crippen LogP contribution in [0.1, 0.15) is 5.56 Å². The minimum atomic E-state index is 0.654. The number of hydrogen-bond donors (Lipinski definition) is 2. The minimum absolute atomic E-state index is 0.654. The SMILES string of the molecule is C=C/C=C\C=C.N/C(=C\Nc1ccc(-n2c3ccccc3c3ccccc32)cc1)c1ccc(N2c3ccccc3Oc3ccccc32)cc1. The average molecular weight is 637 g/mol. The highest BCUT2D eigenvalue weighted by molar-refractivity contribution is 6.09. The Labute approximate surface area is 286 Å². The van der Waals surface area contributed by atoms with E-state index in [-0.39, 0.29) is 0 Å². The second-order valence-corrected chi connectivity index (χ2v) is 11.4. The van der Waals surface area contributed by atoms with Crippen LogP contribution in [0.25, 0.3) is 33.2 Å². The van der Waals surface area contributed by atoms with E-state index in [0.717, 1.165) is 45.5 Å². The number of hydrogen-bond acceptors (Lipinski definition) is 4. The molecule has 0 amide bonds. The molecule has 1 aliphatic heterocycles. The molecule has 3 N–H and O–H groups in total. The normalized spacial score (nSPS) is 12.1. The molecule has 0 aliphatic carbocycles. The van der Waals surface area contributed by atoms with Crippen LogP contribution in [0.2, 0.25) is 0 Å². The van der Waals surface area contributed by atoms with Gasteiger partial charge < -0.3 is 25.3 Å². The first-order valence-electron chi connectivity index (χ1n) is 16.1. The van der Waals surface area contributed by atoms with E-state index in [9.17, 15) is 0 Å². The number of allylic oxidation sites excluding steroid dienone is 4. The number of aromatic nitrogens is 1. The molecular formula is C44H36N4O. The van der Waals surface area contributed by atoms with Crippen LogP contribution in [0.4, 0.5) is 22.7 Å². The highest BCUT2D eigenvalue weighted by Gasteiger charge is 2.25. The zero-order valence-electron chi connectivity index (χ0n) is 27.0. The van der Waals surface area contributed by atoms with Gasteiger partial charge in [0, 0.05) is 34.0 Å². The standard InChI is InChI=1S/C38H28N4O.C6H8/c39-32(26-17-21-28(22-18-26)42-35-13-5-7-15-37(35)43-38-16-8-6-14-36(38)42)25-40-27-19-23-29(24-20-27)41-33-11-3-1-9-30(33)31-10-2-4-12-34(31)41;1-3-5-6-4-2/h1-25,40H,39H2;3-6H,1-2H2/b32-25-;6-5-. The Kier molecular flexibility index (Phi) is 8.80. The Morgan fingerprint density at radius 3 is 1.61 bits per heavy atom. The molecule has 238 valence electrons. The van der Waals surface area contributed by atoms with Gasteiger partial charge in [-0.1, -0.05) is 110 Å². The fourth-order valence-corrected chi connectivity index (χ4v) is 6.09. The number of para-hydroxylation sites is 6. The van der Waals surface area contributed by atoms with Gasteiger partial charge in [0.15, 0.2) is 11.5 Å². The third kappa shape index (κ3) is 6.21. The molecule has 0 fully saturated rings. The van der Waals surface area contributed by atoms with Crippen LogP contribution in [0.3, 0.4) is 0 Å². The number of ether oxygens (including phenoxy) is 1. The summed E-state index contributed by atoms with van der Waals surface area (Å²) < 4.78 is 8.46. The van der Waals surface area contributed by atoms with Crippen molar-refractivity contribution >= 4 is 50.3 Å². The van der Waals surface area contributed by atoms with Crippen LogP contribution in [0, 0.1) is 0 Å². The molecule has 0 saturated heterocycles. The number of anilines is 4. The maximum absolute atomic E-state index is 6.52. The second-order valence-electron chi connectivity index (χ2n) is 11.4. The van der Waals surface area contributed by atoms with Crippen LogP contribution in [0.5, 0.6) is 11.5 Å². The Bertz CT molecular complexity index is 2220. The molecule has 2 heterocycles. The van der Waals surface area contributed by atoms with E-state index >= 15 is 0 Å². The lowest BCUT2D eigenvalue weighted by molar-refractivity contribution is 0.477. The number of fused-ring (bicyclic) bond motifs is 5. The van der Waals surface area contributed by atoms with Crippen molar-refractivity contribution in [3.05, 3.63) is 195 Å². The Balaban J connectivity index is 0.000000581. The van der Waals surface area contributed by atoms with Crippen molar-refractivity contribution in [2.24, 2.45) is 5.73 Å². The summed E-state index contributed by atoms with van der Waals surface area (Å²) in [6, 6.07) is 50.0. The summed E-state index contributed by atoms with van der Waals surface area (Å²) in [6.45, 7) is 6.93. The predicted molar refractivity (Wildman–Crippen MR) is 207 cm³/mol. The third-order valence-electron chi connectivity index (χ3n) is 8.37. The first-order valence-corrected chi connectivity index (χ1v) is 16.1. The van der Waals surface area contributed by atoms with Crippen LogP contribution in [-0.2, 0) is 0 Å². The number of benzene rings is 6. The van der Waals surface area contributed by atoms with Gasteiger partial charge in [0.1, 0.15) is 0 Å². The fourth-order valence-electron chi connectivity index (χ4n) is 6.09. The van der Waals surface area contributed by atoms with Crippen molar-refractivity contribution in [3.8, 4) is 17.2 Å². The highest BCUT2D eigenvalue weighted by atomic mass is 16.5. The van der Waals surface area contributed by atoms with Gasteiger partial charge in [-0.05, 0) is 78.4 Å². The number of rotatable bonds is 7. The van der Waals surface area contributed by atoms with E-state index in [1.165, 1.54) is 21.8 Å². The lowest BCUT2D eigenvalue weighted by Crippen LogP contribution is -2.15. The summed E-state index contributed by atoms with van der Waals surface area (Å²) in [6.07, 6.45) is 8.92. The molecule has 0 atom stereocenters. The first kappa shape index (κ1) is 30.9. The molecule has 1 aromatic heterocycles. The van der Waals surface area contributed by atoms with E-state index in [1.807, 2.05) is 54.8 Å². The van der Waals surface area contributed by atoms with E-state index in [4.69, 9.17) is 10.5 Å². The molecule has 0 radical (unpaired) electrons. The summed E-state index contributed by atoms with van der Waals surface area (Å²) in [7, 11) is 0. The lowest BCUT2D eigenvalue weighted by Gasteiger charge is -2.32. The topological polar surface area (TPSA) is 55.5 Å². The summed E-state index contributed by atoms with van der Waals surface area (Å²) in [5.74, 6) is 1.66. The maximum Gasteiger partial charge on any atom is 0.151 e. The summed E-state index contributed by atoms with van der Waals surface area (Å²) in [5, 5.41) is 5.88. The molecule has 0 bridgehead atoms. The van der Waals surface area contributed by atoms with Gasteiger partial charge in [0.2, 0.25) is 0 Å². The van der Waals surface area contributed by atoms with Crippen molar-refractivity contribution in [1.29, 1.82) is 0 Å². The lowest BCUT2D eigenvalue weighted by atomic mass is 10.1. The molecule has 8 rings (SSSR count). The van der Waals surface area contributed by atoms with E-state index in [1.54, 1.807) is 12.2 Å². The zero-order chi connectivity index (χ0) is 33.6. The molecule has 49 heavy (non-hydrogen) atoms. The maximum atomic E-state index is 6.52. The van der Waals surface area contributed by atoms with Gasteiger partial charge in [-0.15, -0.1) is 0 Å². The van der Waals surface area contributed by atoms with Crippen LogP contribution in [0.15, 0.2) is 189 Å². The van der Waals surface area contributed by atoms with Crippen molar-refractivity contribution < 1.29 is 4.74 Å². The Morgan fingerprint density at radius 2 is 1.06 bits per heavy atom. The Hall–Kier alpha value is -6.72. The number of nitrogens with zero attached hydrogens (tertiary/aromatic N) is 2. The summed E-state index contributed by atoms with van der Waals surface area (Å²) >= 11 is 0. The number of nitrogens with two attached hydrogens (primary N) is 1. The molecule has 5 heteroatoms. The van der Waals surface area contributed by atoms with Gasteiger partial charge >= 0.3 is 0 Å². The molecule has 5 nitrogen and oxygen atoms in total. The van der Waals surface area contributed by atoms with Gasteiger partial charge in [0.25, 0.3) is 0 Å². The van der Waals surface area contributed by atoms with Crippen LogP contribution in [-0.4, -0.2) is 4.57 Å². The van der Waals surface area contributed by atoms with Gasteiger partial charge in [-0.25, -0.2) is 0 Å². The van der Waals surface area contributed by atoms with Crippen molar-refractivity contribution in [3.63, 3.8) is 0 Å². The predicted octanol–water partition coefficient (Wildman–Crippen LogP) is 11.6. The summed E-state index contributed by atoms with van der Waals surface area (Å²) in [4.78, 5) is 2.22. The molecule has 6 aromatic carbocycles. The highest BCUT2D eigenvalue weighted by Crippen LogP contribution is 2.50. The molecule has 0 saturated carbocycles. The zero-order valence-corrected chi connectivity index (χ0v) is 27.0. The van der Waals surface area contributed by atoms with Gasteiger partial charge in [-0.2, -0.15) is 0 Å². The van der Waals surface area contributed by atoms with Crippen LogP contribution >= 0.6 is 0 Å². The van der Waals surface area contributed by atoms with E-state index < -0.39 is 0 Å². The van der Waals surface area contributed by atoms with Crippen LogP contribution < -0.4 is 20.7 Å². The largest absolute Gasteiger partial charge is 0.453 e. The van der Waals surface area contributed by atoms with E-state index in [0.29, 0.717) is 5.70 Å². The number of nitrogens with one attached hydrogen (secondary N) is 1. The molecular weight excluding hydrogens is 601 g/mol. The van der Waals surface area contributed by atoms with Gasteiger partial charge in [0.05, 0.1) is 28.1 Å². The van der Waals surface area contributed by atoms with Crippen molar-refractivity contribution in [1.82, 2.24) is 4.57 Å². The Morgan fingerprint density at radius 1 is 0.571 bits per heavy atom. The molecule has 1 aliphatic rings. The molecule has 0 unspecified atom stereocenters. The van der Waals surface area contributed by atoms with Crippen molar-refractivity contribution in [2.45, 2.75) is 0 Å². The molecule has 7 aromatic rings. The smallest absolute Gasteiger partial charge is 0.151 e. The first-order chi connectivity index (χ1) is 24.2. The average Bonchev–Trinajstić information content (AvgIpc) is 3.50. The van der Waals surface area contributed by atoms with Gasteiger partial charge in [-0.3, -0.25) is 0 Å². The van der Waals surface area contributed by atoms with Crippen molar-refractivity contribution in [2.75, 3.05) is 10.2 Å².